The molecule has 0 saturated carbocycles. The number of pyridine rings is 1. The molecule has 0 radical (unpaired) electrons. The fourth-order valence-corrected chi connectivity index (χ4v) is 3.05. The second-order valence-electron chi connectivity index (χ2n) is 5.85. The molecule has 130 valence electrons. The fourth-order valence-electron chi connectivity index (χ4n) is 3.05. The van der Waals surface area contributed by atoms with Gasteiger partial charge in [-0.25, -0.2) is 4.52 Å². The van der Waals surface area contributed by atoms with E-state index in [9.17, 15) is 9.59 Å². The molecular weight excluding hydrogens is 334 g/mol. The lowest BCUT2D eigenvalue weighted by Gasteiger charge is -2.05. The number of hydrogen-bond donors (Lipinski definition) is 1. The van der Waals surface area contributed by atoms with Gasteiger partial charge in [0.2, 0.25) is 0 Å². The first-order chi connectivity index (χ1) is 12.6. The lowest BCUT2D eigenvalue weighted by molar-refractivity contribution is -0.137. The van der Waals surface area contributed by atoms with Gasteiger partial charge >= 0.3 is 5.97 Å². The number of aliphatic carboxylic acids is 1. The highest BCUT2D eigenvalue weighted by Gasteiger charge is 2.18. The van der Waals surface area contributed by atoms with Crippen molar-refractivity contribution in [3.8, 4) is 11.1 Å². The normalized spacial score (nSPS) is 11.3. The van der Waals surface area contributed by atoms with Gasteiger partial charge in [-0.05, 0) is 18.1 Å². The van der Waals surface area contributed by atoms with E-state index in [0.717, 1.165) is 21.4 Å². The Kier molecular flexibility index (Phi) is 3.72. The SMILES string of the molecule is CCc1nn2c(nnc3c(=O)n(CC(=O)O)ccc32)c1-c1ccccc1. The van der Waals surface area contributed by atoms with E-state index in [1.54, 1.807) is 10.6 Å². The topological polar surface area (TPSA) is 102 Å². The van der Waals surface area contributed by atoms with Gasteiger partial charge in [-0.15, -0.1) is 10.2 Å². The smallest absolute Gasteiger partial charge is 0.323 e. The number of fused-ring (bicyclic) bond motifs is 3. The number of carboxylic acids is 1. The van der Waals surface area contributed by atoms with E-state index in [1.165, 1.54) is 6.20 Å². The quantitative estimate of drug-likeness (QED) is 0.602. The first-order valence-corrected chi connectivity index (χ1v) is 8.14. The number of rotatable bonds is 4. The van der Waals surface area contributed by atoms with Crippen molar-refractivity contribution in [3.05, 3.63) is 58.6 Å². The second-order valence-corrected chi connectivity index (χ2v) is 5.85. The van der Waals surface area contributed by atoms with Crippen molar-refractivity contribution in [1.82, 2.24) is 24.4 Å². The lowest BCUT2D eigenvalue weighted by atomic mass is 10.0. The summed E-state index contributed by atoms with van der Waals surface area (Å²) in [4.78, 5) is 23.4. The van der Waals surface area contributed by atoms with E-state index in [1.807, 2.05) is 37.3 Å². The van der Waals surface area contributed by atoms with Crippen LogP contribution in [0.3, 0.4) is 0 Å². The molecule has 1 aromatic carbocycles. The predicted octanol–water partition coefficient (Wildman–Crippen LogP) is 1.75. The number of nitrogens with zero attached hydrogens (tertiary/aromatic N) is 5. The van der Waals surface area contributed by atoms with Crippen LogP contribution in [0.15, 0.2) is 47.4 Å². The van der Waals surface area contributed by atoms with Gasteiger partial charge in [-0.2, -0.15) is 5.10 Å². The molecule has 4 rings (SSSR count). The average Bonchev–Trinajstić information content (AvgIpc) is 3.03. The Morgan fingerprint density at radius 3 is 2.62 bits per heavy atom. The van der Waals surface area contributed by atoms with Crippen LogP contribution in [-0.2, 0) is 17.8 Å². The van der Waals surface area contributed by atoms with Gasteiger partial charge in [0.15, 0.2) is 11.2 Å². The van der Waals surface area contributed by atoms with Crippen molar-refractivity contribution in [1.29, 1.82) is 0 Å². The van der Waals surface area contributed by atoms with E-state index >= 15 is 0 Å². The summed E-state index contributed by atoms with van der Waals surface area (Å²) < 4.78 is 2.70. The van der Waals surface area contributed by atoms with Crippen LogP contribution in [-0.4, -0.2) is 35.5 Å². The van der Waals surface area contributed by atoms with Crippen LogP contribution in [0, 0.1) is 0 Å². The average molecular weight is 349 g/mol. The number of hydrogen-bond acceptors (Lipinski definition) is 5. The predicted molar refractivity (Wildman–Crippen MR) is 95.0 cm³/mol. The van der Waals surface area contributed by atoms with Gasteiger partial charge in [0, 0.05) is 6.20 Å². The fraction of sp³-hybridized carbons (Fsp3) is 0.167. The van der Waals surface area contributed by atoms with Crippen molar-refractivity contribution < 1.29 is 9.90 Å². The van der Waals surface area contributed by atoms with Crippen LogP contribution >= 0.6 is 0 Å². The third kappa shape index (κ3) is 2.43. The molecule has 3 aromatic heterocycles. The van der Waals surface area contributed by atoms with Crippen molar-refractivity contribution in [2.75, 3.05) is 0 Å². The molecule has 0 saturated heterocycles. The summed E-state index contributed by atoms with van der Waals surface area (Å²) in [5, 5.41) is 21.8. The maximum absolute atomic E-state index is 12.5. The van der Waals surface area contributed by atoms with E-state index in [4.69, 9.17) is 5.11 Å². The third-order valence-corrected chi connectivity index (χ3v) is 4.23. The van der Waals surface area contributed by atoms with Crippen LogP contribution in [0.1, 0.15) is 12.6 Å². The number of carbonyl (C=O) groups is 1. The lowest BCUT2D eigenvalue weighted by Crippen LogP contribution is -2.25. The van der Waals surface area contributed by atoms with Crippen LogP contribution in [0.25, 0.3) is 27.8 Å². The number of carboxylic acid groups (broad SMARTS) is 1. The Hall–Kier alpha value is -3.55. The molecule has 8 heteroatoms. The minimum atomic E-state index is -1.10. The van der Waals surface area contributed by atoms with Crippen molar-refractivity contribution in [2.24, 2.45) is 0 Å². The first-order valence-electron chi connectivity index (χ1n) is 8.14. The molecule has 0 atom stereocenters. The van der Waals surface area contributed by atoms with Gasteiger partial charge < -0.3 is 9.67 Å². The molecule has 4 aromatic rings. The molecule has 0 aliphatic rings. The molecule has 8 nitrogen and oxygen atoms in total. The molecule has 0 aliphatic carbocycles. The molecule has 0 amide bonds. The molecule has 3 heterocycles. The molecule has 0 spiro atoms. The Morgan fingerprint density at radius 1 is 1.15 bits per heavy atom. The van der Waals surface area contributed by atoms with Gasteiger partial charge in [0.25, 0.3) is 5.56 Å². The number of aryl methyl sites for hydroxylation is 1. The summed E-state index contributed by atoms with van der Waals surface area (Å²) >= 11 is 0. The third-order valence-electron chi connectivity index (χ3n) is 4.23. The van der Waals surface area contributed by atoms with E-state index in [2.05, 4.69) is 15.3 Å². The summed E-state index contributed by atoms with van der Waals surface area (Å²) in [6.07, 6.45) is 2.14. The minimum absolute atomic E-state index is 0.0889. The van der Waals surface area contributed by atoms with Gasteiger partial charge in [0.05, 0.1) is 11.3 Å². The highest BCUT2D eigenvalue weighted by molar-refractivity contribution is 5.84. The van der Waals surface area contributed by atoms with Gasteiger partial charge in [0.1, 0.15) is 12.1 Å². The summed E-state index contributed by atoms with van der Waals surface area (Å²) in [6, 6.07) is 11.4. The molecule has 26 heavy (non-hydrogen) atoms. The largest absolute Gasteiger partial charge is 0.480 e. The maximum Gasteiger partial charge on any atom is 0.323 e. The zero-order valence-electron chi connectivity index (χ0n) is 14.0. The molecule has 0 unspecified atom stereocenters. The molecular formula is C18H15N5O3. The maximum atomic E-state index is 12.5. The van der Waals surface area contributed by atoms with Crippen LogP contribution in [0.2, 0.25) is 0 Å². The Bertz CT molecular complexity index is 1190. The molecule has 0 fully saturated rings. The molecule has 0 aliphatic heterocycles. The number of aromatic nitrogens is 5. The summed E-state index contributed by atoms with van der Waals surface area (Å²) in [7, 11) is 0. The Morgan fingerprint density at radius 2 is 1.92 bits per heavy atom. The summed E-state index contributed by atoms with van der Waals surface area (Å²) in [6.45, 7) is 1.58. The monoisotopic (exact) mass is 349 g/mol. The van der Waals surface area contributed by atoms with E-state index in [-0.39, 0.29) is 5.52 Å². The summed E-state index contributed by atoms with van der Waals surface area (Å²) in [5.41, 5.74) is 3.37. The summed E-state index contributed by atoms with van der Waals surface area (Å²) in [5.74, 6) is -1.10. The standard InChI is InChI=1S/C18H15N5O3/c1-2-12-15(11-6-4-3-5-7-11)17-20-19-16-13(23(17)21-12)8-9-22(18(16)26)10-14(24)25/h3-9H,2,10H2,1H3,(H,24,25). The zero-order valence-corrected chi connectivity index (χ0v) is 14.0. The molecule has 1 N–H and O–H groups in total. The van der Waals surface area contributed by atoms with Crippen molar-refractivity contribution in [2.45, 2.75) is 19.9 Å². The molecule has 0 bridgehead atoms. The van der Waals surface area contributed by atoms with E-state index < -0.39 is 18.1 Å². The van der Waals surface area contributed by atoms with Crippen molar-refractivity contribution >= 4 is 22.6 Å². The Balaban J connectivity index is 2.03. The van der Waals surface area contributed by atoms with Crippen LogP contribution < -0.4 is 5.56 Å². The van der Waals surface area contributed by atoms with Crippen LogP contribution in [0.4, 0.5) is 0 Å². The highest BCUT2D eigenvalue weighted by atomic mass is 16.4. The highest BCUT2D eigenvalue weighted by Crippen LogP contribution is 2.28. The second kappa shape index (κ2) is 6.07. The Labute approximate surface area is 147 Å². The van der Waals surface area contributed by atoms with Crippen LogP contribution in [0.5, 0.6) is 0 Å². The van der Waals surface area contributed by atoms with Crippen molar-refractivity contribution in [3.63, 3.8) is 0 Å². The van der Waals surface area contributed by atoms with Gasteiger partial charge in [-0.3, -0.25) is 9.59 Å². The van der Waals surface area contributed by atoms with Gasteiger partial charge in [-0.1, -0.05) is 37.3 Å². The number of benzene rings is 1. The first kappa shape index (κ1) is 15.9. The minimum Gasteiger partial charge on any atom is -0.480 e. The zero-order chi connectivity index (χ0) is 18.3. The van der Waals surface area contributed by atoms with E-state index in [0.29, 0.717) is 17.6 Å².